The Balaban J connectivity index is 0.00000120. The van der Waals surface area contributed by atoms with Crippen LogP contribution < -0.4 is 12.4 Å². The van der Waals surface area contributed by atoms with E-state index in [1.807, 2.05) is 0 Å². The maximum atomic E-state index is 9.88. The number of aliphatic hydroxyl groups excluding tert-OH is 1. The van der Waals surface area contributed by atoms with Gasteiger partial charge in [-0.15, -0.1) is 0 Å². The van der Waals surface area contributed by atoms with E-state index in [-0.39, 0.29) is 18.5 Å². The number of benzene rings is 1. The third kappa shape index (κ3) is 2.29. The van der Waals surface area contributed by atoms with Crippen LogP contribution in [0.25, 0.3) is 0 Å². The molecule has 1 aromatic carbocycles. The molecule has 0 aliphatic carbocycles. The third-order valence-corrected chi connectivity index (χ3v) is 4.96. The van der Waals surface area contributed by atoms with Crippen LogP contribution in [-0.4, -0.2) is 34.8 Å². The largest absolute Gasteiger partial charge is 1.00 e. The van der Waals surface area contributed by atoms with Crippen LogP contribution in [0.1, 0.15) is 31.2 Å². The maximum absolute atomic E-state index is 9.88. The number of nitrogens with zero attached hydrogens (tertiary/aromatic N) is 1. The van der Waals surface area contributed by atoms with E-state index < -0.39 is 0 Å². The van der Waals surface area contributed by atoms with E-state index in [4.69, 9.17) is 0 Å². The minimum Gasteiger partial charge on any atom is -1.00 e. The van der Waals surface area contributed by atoms with Crippen LogP contribution >= 0.6 is 0 Å². The summed E-state index contributed by atoms with van der Waals surface area (Å²) in [4.78, 5) is 0. The van der Waals surface area contributed by atoms with Crippen molar-refractivity contribution in [2.45, 2.75) is 50.4 Å². The highest BCUT2D eigenvalue weighted by Gasteiger charge is 2.50. The van der Waals surface area contributed by atoms with Gasteiger partial charge in [-0.25, -0.2) is 0 Å². The van der Waals surface area contributed by atoms with Crippen LogP contribution in [0.5, 0.6) is 0 Å². The minimum atomic E-state index is -0.0468. The van der Waals surface area contributed by atoms with Crippen molar-refractivity contribution in [3.8, 4) is 0 Å². The summed E-state index contributed by atoms with van der Waals surface area (Å²) < 4.78 is 1.15. The zero-order valence-electron chi connectivity index (χ0n) is 10.9. The summed E-state index contributed by atoms with van der Waals surface area (Å²) in [6.07, 6.45) is 4.55. The molecule has 0 amide bonds. The summed E-state index contributed by atoms with van der Waals surface area (Å²) in [5, 5.41) is 9.88. The number of hydrogen-bond acceptors (Lipinski definition) is 1. The number of halogens is 1. The Hall–Kier alpha value is -0.570. The monoisotopic (exact) mass is 267 g/mol. The van der Waals surface area contributed by atoms with Gasteiger partial charge < -0.3 is 22.0 Å². The molecular formula is C15H22ClNO. The lowest BCUT2D eigenvalue weighted by Gasteiger charge is -2.46. The zero-order chi connectivity index (χ0) is 11.9. The average molecular weight is 268 g/mol. The van der Waals surface area contributed by atoms with Crippen molar-refractivity contribution in [1.29, 1.82) is 0 Å². The van der Waals surface area contributed by atoms with Crippen molar-refractivity contribution in [3.05, 3.63) is 35.9 Å². The Morgan fingerprint density at radius 2 is 1.67 bits per heavy atom. The lowest BCUT2D eigenvalue weighted by Crippen LogP contribution is -3.00. The zero-order valence-corrected chi connectivity index (χ0v) is 11.7. The molecular weight excluding hydrogens is 246 g/mol. The molecule has 0 aromatic heterocycles. The second-order valence-corrected chi connectivity index (χ2v) is 6.00. The van der Waals surface area contributed by atoms with Crippen LogP contribution in [0.3, 0.4) is 0 Å². The van der Waals surface area contributed by atoms with E-state index in [0.717, 1.165) is 23.9 Å². The average Bonchev–Trinajstić information content (AvgIpc) is 2.52. The van der Waals surface area contributed by atoms with E-state index in [9.17, 15) is 5.11 Å². The highest BCUT2D eigenvalue weighted by molar-refractivity contribution is 5.13. The number of fused-ring (bicyclic) bond motifs is 2. The predicted octanol–water partition coefficient (Wildman–Crippen LogP) is -0.677. The Labute approximate surface area is 116 Å². The van der Waals surface area contributed by atoms with Crippen LogP contribution in [-0.2, 0) is 6.54 Å². The van der Waals surface area contributed by atoms with Crippen LogP contribution in [0.15, 0.2) is 30.3 Å². The summed E-state index contributed by atoms with van der Waals surface area (Å²) in [6.45, 7) is 1.13. The molecule has 1 N–H and O–H groups in total. The molecule has 2 aliphatic rings. The Morgan fingerprint density at radius 3 is 2.22 bits per heavy atom. The molecule has 4 atom stereocenters. The van der Waals surface area contributed by atoms with Crippen molar-refractivity contribution >= 4 is 0 Å². The lowest BCUT2D eigenvalue weighted by atomic mass is 9.96. The first kappa shape index (κ1) is 13.9. The molecule has 2 bridgehead atoms. The van der Waals surface area contributed by atoms with Gasteiger partial charge in [0.2, 0.25) is 0 Å². The van der Waals surface area contributed by atoms with Crippen molar-refractivity contribution in [2.75, 3.05) is 7.05 Å². The van der Waals surface area contributed by atoms with Crippen LogP contribution in [0.2, 0.25) is 0 Å². The molecule has 100 valence electrons. The molecule has 0 spiro atoms. The second kappa shape index (κ2) is 5.20. The smallest absolute Gasteiger partial charge is 0.105 e. The van der Waals surface area contributed by atoms with Gasteiger partial charge in [-0.1, -0.05) is 30.3 Å². The fraction of sp³-hybridized carbons (Fsp3) is 0.600. The number of aliphatic hydroxyl groups is 1. The molecule has 1 aromatic rings. The van der Waals surface area contributed by atoms with Crippen molar-refractivity contribution in [1.82, 2.24) is 0 Å². The molecule has 2 saturated heterocycles. The fourth-order valence-electron chi connectivity index (χ4n) is 3.95. The van der Waals surface area contributed by atoms with Crippen LogP contribution in [0, 0.1) is 0 Å². The predicted molar refractivity (Wildman–Crippen MR) is 68.4 cm³/mol. The van der Waals surface area contributed by atoms with Crippen LogP contribution in [0.4, 0.5) is 0 Å². The van der Waals surface area contributed by atoms with Crippen molar-refractivity contribution in [3.63, 3.8) is 0 Å². The molecule has 18 heavy (non-hydrogen) atoms. The van der Waals surface area contributed by atoms with Gasteiger partial charge in [0.15, 0.2) is 0 Å². The molecule has 3 rings (SSSR count). The Kier molecular flexibility index (Phi) is 4.00. The summed E-state index contributed by atoms with van der Waals surface area (Å²) >= 11 is 0. The molecule has 2 unspecified atom stereocenters. The maximum Gasteiger partial charge on any atom is 0.105 e. The Bertz CT molecular complexity index is 381. The van der Waals surface area contributed by atoms with Gasteiger partial charge in [0.1, 0.15) is 6.54 Å². The normalized spacial score (nSPS) is 38.2. The highest BCUT2D eigenvalue weighted by Crippen LogP contribution is 2.42. The van der Waals surface area contributed by atoms with Gasteiger partial charge in [0.25, 0.3) is 0 Å². The van der Waals surface area contributed by atoms with Gasteiger partial charge in [-0.05, 0) is 0 Å². The molecule has 2 aliphatic heterocycles. The van der Waals surface area contributed by atoms with E-state index in [0.29, 0.717) is 12.1 Å². The van der Waals surface area contributed by atoms with Gasteiger partial charge in [-0.2, -0.15) is 0 Å². The van der Waals surface area contributed by atoms with E-state index >= 15 is 0 Å². The van der Waals surface area contributed by atoms with Gasteiger partial charge in [-0.3, -0.25) is 0 Å². The SMILES string of the molecule is C[N+]1(Cc2ccccc2)[C@@H]2CC[C@H]1CC(O)C2.[Cl-]. The standard InChI is InChI=1S/C15H22NO.ClH/c1-16(11-12-5-3-2-4-6-12)13-7-8-14(16)10-15(17)9-13;/h2-6,13-15,17H,7-11H2,1H3;1H/q+1;/p-1/t13-,14+,15?,16?;. The van der Waals surface area contributed by atoms with Gasteiger partial charge in [0, 0.05) is 31.2 Å². The topological polar surface area (TPSA) is 20.2 Å². The first-order valence-electron chi connectivity index (χ1n) is 6.75. The molecule has 0 saturated carbocycles. The van der Waals surface area contributed by atoms with Crippen molar-refractivity contribution < 1.29 is 22.0 Å². The quantitative estimate of drug-likeness (QED) is 0.705. The molecule has 3 heteroatoms. The highest BCUT2D eigenvalue weighted by atomic mass is 35.5. The Morgan fingerprint density at radius 1 is 1.11 bits per heavy atom. The summed E-state index contributed by atoms with van der Waals surface area (Å²) in [5.41, 5.74) is 1.43. The number of piperidine rings is 1. The van der Waals surface area contributed by atoms with E-state index in [1.165, 1.54) is 18.4 Å². The lowest BCUT2D eigenvalue weighted by molar-refractivity contribution is -0.961. The number of quaternary nitrogens is 1. The second-order valence-electron chi connectivity index (χ2n) is 6.00. The third-order valence-electron chi connectivity index (χ3n) is 4.96. The van der Waals surface area contributed by atoms with E-state index in [1.54, 1.807) is 0 Å². The molecule has 2 fully saturated rings. The summed E-state index contributed by atoms with van der Waals surface area (Å²) in [6, 6.07) is 12.1. The molecule has 2 heterocycles. The first-order chi connectivity index (χ1) is 8.18. The fourth-order valence-corrected chi connectivity index (χ4v) is 3.95. The van der Waals surface area contributed by atoms with E-state index in [2.05, 4.69) is 37.4 Å². The minimum absolute atomic E-state index is 0. The number of rotatable bonds is 2. The number of hydrogen-bond donors (Lipinski definition) is 1. The van der Waals surface area contributed by atoms with Crippen molar-refractivity contribution in [2.24, 2.45) is 0 Å². The van der Waals surface area contributed by atoms with Gasteiger partial charge in [0.05, 0.1) is 25.2 Å². The van der Waals surface area contributed by atoms with Gasteiger partial charge >= 0.3 is 0 Å². The summed E-state index contributed by atoms with van der Waals surface area (Å²) in [7, 11) is 2.39. The summed E-state index contributed by atoms with van der Waals surface area (Å²) in [5.74, 6) is 0. The first-order valence-corrected chi connectivity index (χ1v) is 6.75. The molecule has 0 radical (unpaired) electrons. The molecule has 2 nitrogen and oxygen atoms in total.